The van der Waals surface area contributed by atoms with Gasteiger partial charge in [-0.25, -0.2) is 0 Å². The van der Waals surface area contributed by atoms with Gasteiger partial charge in [-0.05, 0) is 62.6 Å². The third kappa shape index (κ3) is 3.82. The predicted octanol–water partition coefficient (Wildman–Crippen LogP) is 3.70. The fraction of sp³-hybridized carbons (Fsp3) is 0.364. The molecule has 0 spiro atoms. The fourth-order valence-corrected chi connectivity index (χ4v) is 3.31. The van der Waals surface area contributed by atoms with E-state index in [2.05, 4.69) is 5.32 Å². The van der Waals surface area contributed by atoms with Crippen LogP contribution >= 0.6 is 0 Å². The van der Waals surface area contributed by atoms with E-state index in [4.69, 9.17) is 0 Å². The normalized spacial score (nSPS) is 13.7. The van der Waals surface area contributed by atoms with Crippen LogP contribution in [-0.2, 0) is 16.0 Å². The maximum Gasteiger partial charge on any atom is 0.242 e. The highest BCUT2D eigenvalue weighted by Gasteiger charge is 2.40. The van der Waals surface area contributed by atoms with E-state index in [1.165, 1.54) is 0 Å². The maximum absolute atomic E-state index is 13.2. The molecule has 1 heterocycles. The Bertz CT molecular complexity index is 841. The lowest BCUT2D eigenvalue weighted by Gasteiger charge is -2.35. The molecule has 1 aliphatic rings. The quantitative estimate of drug-likeness (QED) is 0.841. The van der Waals surface area contributed by atoms with Crippen molar-refractivity contribution in [2.75, 3.05) is 35.8 Å². The third-order valence-corrected chi connectivity index (χ3v) is 5.10. The first-order valence-electron chi connectivity index (χ1n) is 9.29. The Balaban J connectivity index is 1.77. The third-order valence-electron chi connectivity index (χ3n) is 5.10. The summed E-state index contributed by atoms with van der Waals surface area (Å²) in [6, 6.07) is 15.5. The Morgan fingerprint density at radius 2 is 1.70 bits per heavy atom. The number of anilines is 3. The van der Waals surface area contributed by atoms with Crippen LogP contribution in [-0.4, -0.2) is 32.5 Å². The number of amides is 2. The summed E-state index contributed by atoms with van der Waals surface area (Å²) in [5, 5.41) is 2.89. The summed E-state index contributed by atoms with van der Waals surface area (Å²) in [7, 11) is 3.93. The van der Waals surface area contributed by atoms with E-state index in [9.17, 15) is 9.59 Å². The molecule has 0 saturated heterocycles. The Hall–Kier alpha value is -2.82. The lowest BCUT2D eigenvalue weighted by molar-refractivity contribution is -0.136. The molecule has 142 valence electrons. The van der Waals surface area contributed by atoms with Gasteiger partial charge in [0.25, 0.3) is 0 Å². The predicted molar refractivity (Wildman–Crippen MR) is 110 cm³/mol. The van der Waals surface area contributed by atoms with Crippen molar-refractivity contribution in [3.05, 3.63) is 54.1 Å². The van der Waals surface area contributed by atoms with Crippen molar-refractivity contribution in [1.29, 1.82) is 0 Å². The number of hydrogen-bond donors (Lipinski definition) is 1. The minimum absolute atomic E-state index is 0.169. The van der Waals surface area contributed by atoms with Crippen LogP contribution in [0.2, 0.25) is 0 Å². The second-order valence-electron chi connectivity index (χ2n) is 7.71. The largest absolute Gasteiger partial charge is 0.378 e. The number of nitrogens with zero attached hydrogens (tertiary/aromatic N) is 2. The van der Waals surface area contributed by atoms with Crippen LogP contribution in [0.1, 0.15) is 25.8 Å². The number of nitrogens with one attached hydrogen (secondary N) is 1. The molecule has 2 aromatic carbocycles. The smallest absolute Gasteiger partial charge is 0.242 e. The molecule has 2 aromatic rings. The number of carbonyl (C=O) groups excluding carboxylic acids is 2. The highest BCUT2D eigenvalue weighted by Crippen LogP contribution is 2.31. The van der Waals surface area contributed by atoms with Gasteiger partial charge < -0.3 is 15.1 Å². The first-order chi connectivity index (χ1) is 12.8. The monoisotopic (exact) mass is 365 g/mol. The molecule has 1 N–H and O–H groups in total. The number of para-hydroxylation sites is 1. The maximum atomic E-state index is 13.2. The number of hydrogen-bond acceptors (Lipinski definition) is 3. The van der Waals surface area contributed by atoms with Gasteiger partial charge in [0.2, 0.25) is 11.8 Å². The van der Waals surface area contributed by atoms with E-state index in [-0.39, 0.29) is 11.8 Å². The number of carbonyl (C=O) groups is 2. The first-order valence-corrected chi connectivity index (χ1v) is 9.29. The van der Waals surface area contributed by atoms with Gasteiger partial charge in [0.05, 0.1) is 0 Å². The molecule has 0 saturated carbocycles. The summed E-state index contributed by atoms with van der Waals surface area (Å²) in [5.74, 6) is -0.467. The SMILES string of the molecule is CN(C)c1ccc(NC(=O)C(C)(C)C(=O)N2CCCc3ccccc32)cc1. The zero-order valence-electron chi connectivity index (χ0n) is 16.5. The van der Waals surface area contributed by atoms with Gasteiger partial charge in [0.15, 0.2) is 0 Å². The van der Waals surface area contributed by atoms with Gasteiger partial charge >= 0.3 is 0 Å². The van der Waals surface area contributed by atoms with Gasteiger partial charge in [-0.3, -0.25) is 9.59 Å². The molecule has 5 heteroatoms. The number of fused-ring (bicyclic) bond motifs is 1. The molecule has 27 heavy (non-hydrogen) atoms. The van der Waals surface area contributed by atoms with E-state index in [1.807, 2.05) is 67.5 Å². The highest BCUT2D eigenvalue weighted by molar-refractivity contribution is 6.15. The van der Waals surface area contributed by atoms with Crippen molar-refractivity contribution in [2.24, 2.45) is 5.41 Å². The van der Waals surface area contributed by atoms with Crippen LogP contribution in [0.25, 0.3) is 0 Å². The molecule has 5 nitrogen and oxygen atoms in total. The number of rotatable bonds is 4. The molecule has 0 aliphatic carbocycles. The van der Waals surface area contributed by atoms with Crippen LogP contribution in [0.3, 0.4) is 0 Å². The van der Waals surface area contributed by atoms with Crippen molar-refractivity contribution >= 4 is 28.9 Å². The summed E-state index contributed by atoms with van der Waals surface area (Å²) in [4.78, 5) is 29.8. The van der Waals surface area contributed by atoms with Gasteiger partial charge in [0.1, 0.15) is 5.41 Å². The van der Waals surface area contributed by atoms with Crippen LogP contribution in [0.4, 0.5) is 17.1 Å². The molecular formula is C22H27N3O2. The first kappa shape index (κ1) is 19.0. The van der Waals surface area contributed by atoms with Crippen LogP contribution in [0, 0.1) is 5.41 Å². The van der Waals surface area contributed by atoms with E-state index < -0.39 is 5.41 Å². The van der Waals surface area contributed by atoms with Crippen molar-refractivity contribution in [3.8, 4) is 0 Å². The van der Waals surface area contributed by atoms with Crippen LogP contribution in [0.15, 0.2) is 48.5 Å². The van der Waals surface area contributed by atoms with E-state index in [0.29, 0.717) is 12.2 Å². The summed E-state index contributed by atoms with van der Waals surface area (Å²) < 4.78 is 0. The molecule has 0 fully saturated rings. The molecule has 0 bridgehead atoms. The van der Waals surface area contributed by atoms with E-state index in [0.717, 1.165) is 29.8 Å². The molecule has 0 radical (unpaired) electrons. The minimum Gasteiger partial charge on any atom is -0.378 e. The average molecular weight is 365 g/mol. The molecule has 0 unspecified atom stereocenters. The molecule has 0 aromatic heterocycles. The summed E-state index contributed by atoms with van der Waals surface area (Å²) in [6.45, 7) is 4.02. The molecule has 0 atom stereocenters. The second-order valence-corrected chi connectivity index (χ2v) is 7.71. The van der Waals surface area contributed by atoms with Gasteiger partial charge in [-0.1, -0.05) is 18.2 Å². The zero-order chi connectivity index (χ0) is 19.6. The Labute approximate surface area is 161 Å². The highest BCUT2D eigenvalue weighted by atomic mass is 16.2. The molecule has 1 aliphatic heterocycles. The molecular weight excluding hydrogens is 338 g/mol. The fourth-order valence-electron chi connectivity index (χ4n) is 3.31. The molecule has 2 amide bonds. The Morgan fingerprint density at radius 3 is 2.37 bits per heavy atom. The lowest BCUT2D eigenvalue weighted by atomic mass is 9.88. The van der Waals surface area contributed by atoms with Gasteiger partial charge in [0, 0.05) is 37.7 Å². The molecule has 3 rings (SSSR count). The standard InChI is InChI=1S/C22H27N3O2/c1-22(2,20(26)23-17-11-13-18(14-12-17)24(3)4)21(27)25-15-7-9-16-8-5-6-10-19(16)25/h5-6,8,10-14H,7,9,15H2,1-4H3,(H,23,26). The lowest BCUT2D eigenvalue weighted by Crippen LogP contribution is -2.49. The Morgan fingerprint density at radius 1 is 1.04 bits per heavy atom. The van der Waals surface area contributed by atoms with Crippen molar-refractivity contribution in [3.63, 3.8) is 0 Å². The summed E-state index contributed by atoms with van der Waals surface area (Å²) in [6.07, 6.45) is 1.87. The Kier molecular flexibility index (Phi) is 5.22. The summed E-state index contributed by atoms with van der Waals surface area (Å²) >= 11 is 0. The van der Waals surface area contributed by atoms with Crippen molar-refractivity contribution in [2.45, 2.75) is 26.7 Å². The average Bonchev–Trinajstić information content (AvgIpc) is 2.67. The van der Waals surface area contributed by atoms with E-state index in [1.54, 1.807) is 18.7 Å². The zero-order valence-corrected chi connectivity index (χ0v) is 16.5. The number of aryl methyl sites for hydroxylation is 1. The van der Waals surface area contributed by atoms with E-state index >= 15 is 0 Å². The van der Waals surface area contributed by atoms with Crippen molar-refractivity contribution in [1.82, 2.24) is 0 Å². The van der Waals surface area contributed by atoms with Crippen molar-refractivity contribution < 1.29 is 9.59 Å². The topological polar surface area (TPSA) is 52.7 Å². The van der Waals surface area contributed by atoms with Crippen LogP contribution < -0.4 is 15.1 Å². The minimum atomic E-state index is -1.16. The summed E-state index contributed by atoms with van der Waals surface area (Å²) in [5.41, 5.74) is 2.65. The van der Waals surface area contributed by atoms with Gasteiger partial charge in [-0.2, -0.15) is 0 Å². The second kappa shape index (κ2) is 7.43. The van der Waals surface area contributed by atoms with Crippen LogP contribution in [0.5, 0.6) is 0 Å². The van der Waals surface area contributed by atoms with Gasteiger partial charge in [-0.15, -0.1) is 0 Å². The number of benzene rings is 2.